The number of halogens is 1. The largest absolute Gasteiger partial charge is 0.452 e. The Kier molecular flexibility index (Phi) is 4.26. The molecule has 1 aromatic carbocycles. The van der Waals surface area contributed by atoms with Crippen LogP contribution in [0.2, 0.25) is 5.22 Å². The lowest BCUT2D eigenvalue weighted by Gasteiger charge is -2.10. The fraction of sp³-hybridized carbons (Fsp3) is 0.250. The van der Waals surface area contributed by atoms with E-state index in [4.69, 9.17) is 16.0 Å². The molecule has 0 radical (unpaired) electrons. The number of hydrogen-bond donors (Lipinski definition) is 0. The van der Waals surface area contributed by atoms with Crippen LogP contribution in [0.4, 0.5) is 0 Å². The van der Waals surface area contributed by atoms with Crippen LogP contribution in [0.1, 0.15) is 47.2 Å². The Bertz CT molecular complexity index is 650. The van der Waals surface area contributed by atoms with Crippen LogP contribution in [-0.2, 0) is 0 Å². The summed E-state index contributed by atoms with van der Waals surface area (Å²) in [7, 11) is 0. The number of nitrogens with zero attached hydrogens (tertiary/aromatic N) is 1. The molecule has 0 N–H and O–H groups in total. The monoisotopic (exact) mass is 287 g/mol. The van der Waals surface area contributed by atoms with E-state index in [1.807, 2.05) is 30.3 Å². The molecule has 20 heavy (non-hydrogen) atoms. The third kappa shape index (κ3) is 2.76. The van der Waals surface area contributed by atoms with Crippen LogP contribution in [0.15, 0.2) is 41.0 Å². The third-order valence-electron chi connectivity index (χ3n) is 3.21. The van der Waals surface area contributed by atoms with E-state index in [-0.39, 0.29) is 16.6 Å². The van der Waals surface area contributed by atoms with Crippen LogP contribution in [-0.4, -0.2) is 5.78 Å². The maximum atomic E-state index is 12.3. The van der Waals surface area contributed by atoms with Crippen LogP contribution in [0.3, 0.4) is 0 Å². The molecule has 0 bridgehead atoms. The average Bonchev–Trinajstić information content (AvgIpc) is 2.86. The molecule has 102 valence electrons. The summed E-state index contributed by atoms with van der Waals surface area (Å²) in [5, 5.41) is 9.30. The third-order valence-corrected chi connectivity index (χ3v) is 3.50. The first-order chi connectivity index (χ1) is 9.54. The van der Waals surface area contributed by atoms with Gasteiger partial charge in [-0.3, -0.25) is 4.79 Å². The molecule has 3 nitrogen and oxygen atoms in total. The first-order valence-electron chi connectivity index (χ1n) is 6.31. The van der Waals surface area contributed by atoms with Crippen LogP contribution in [0, 0.1) is 11.3 Å². The number of benzene rings is 1. The quantitative estimate of drug-likeness (QED) is 0.775. The van der Waals surface area contributed by atoms with Crippen molar-refractivity contribution in [2.24, 2.45) is 0 Å². The predicted molar refractivity (Wildman–Crippen MR) is 76.9 cm³/mol. The van der Waals surface area contributed by atoms with Gasteiger partial charge in [0.1, 0.15) is 5.92 Å². The van der Waals surface area contributed by atoms with Gasteiger partial charge in [0.2, 0.25) is 5.22 Å². The summed E-state index contributed by atoms with van der Waals surface area (Å²) in [6.45, 7) is 4.18. The highest BCUT2D eigenvalue weighted by atomic mass is 35.5. The lowest BCUT2D eigenvalue weighted by Crippen LogP contribution is -2.11. The highest BCUT2D eigenvalue weighted by molar-refractivity contribution is 6.32. The van der Waals surface area contributed by atoms with Gasteiger partial charge in [-0.25, -0.2) is 0 Å². The van der Waals surface area contributed by atoms with E-state index in [2.05, 4.69) is 13.8 Å². The SMILES string of the molecule is CC(C)c1ccc(C(C#N)C(=O)c2ccoc2Cl)cc1. The molecule has 0 saturated heterocycles. The Morgan fingerprint density at radius 3 is 2.25 bits per heavy atom. The summed E-state index contributed by atoms with van der Waals surface area (Å²) in [6, 6.07) is 11.0. The van der Waals surface area contributed by atoms with Gasteiger partial charge in [-0.05, 0) is 34.7 Å². The Labute approximate surface area is 122 Å². The second-order valence-corrected chi connectivity index (χ2v) is 5.20. The van der Waals surface area contributed by atoms with E-state index >= 15 is 0 Å². The Hall–Kier alpha value is -2.05. The van der Waals surface area contributed by atoms with Crippen molar-refractivity contribution < 1.29 is 9.21 Å². The number of carbonyl (C=O) groups excluding carboxylic acids is 1. The average molecular weight is 288 g/mol. The number of rotatable bonds is 4. The van der Waals surface area contributed by atoms with Crippen LogP contribution < -0.4 is 0 Å². The molecule has 1 heterocycles. The van der Waals surface area contributed by atoms with Gasteiger partial charge in [-0.1, -0.05) is 38.1 Å². The minimum Gasteiger partial charge on any atom is -0.452 e. The van der Waals surface area contributed by atoms with Crippen molar-refractivity contribution in [2.75, 3.05) is 0 Å². The molecule has 1 atom stereocenters. The van der Waals surface area contributed by atoms with Crippen molar-refractivity contribution in [2.45, 2.75) is 25.7 Å². The standard InChI is InChI=1S/C16H14ClNO2/c1-10(2)11-3-5-12(6-4-11)14(9-18)15(19)13-7-8-20-16(13)17/h3-8,10,14H,1-2H3. The molecule has 1 unspecified atom stereocenters. The minimum absolute atomic E-state index is 0.0223. The summed E-state index contributed by atoms with van der Waals surface area (Å²) >= 11 is 5.79. The van der Waals surface area contributed by atoms with Gasteiger partial charge >= 0.3 is 0 Å². The van der Waals surface area contributed by atoms with Gasteiger partial charge in [0.05, 0.1) is 17.9 Å². The molecule has 4 heteroatoms. The van der Waals surface area contributed by atoms with E-state index in [0.29, 0.717) is 11.5 Å². The highest BCUT2D eigenvalue weighted by Crippen LogP contribution is 2.26. The van der Waals surface area contributed by atoms with E-state index in [9.17, 15) is 10.1 Å². The van der Waals surface area contributed by atoms with E-state index in [0.717, 1.165) is 0 Å². The zero-order valence-corrected chi connectivity index (χ0v) is 12.0. The van der Waals surface area contributed by atoms with Crippen molar-refractivity contribution in [3.63, 3.8) is 0 Å². The number of carbonyl (C=O) groups is 1. The van der Waals surface area contributed by atoms with E-state index < -0.39 is 5.92 Å². The summed E-state index contributed by atoms with van der Waals surface area (Å²) in [5.41, 5.74) is 2.07. The predicted octanol–water partition coefficient (Wildman–Crippen LogP) is 4.55. The molecule has 2 rings (SSSR count). The maximum absolute atomic E-state index is 12.3. The van der Waals surface area contributed by atoms with Crippen molar-refractivity contribution in [3.05, 3.63) is 58.5 Å². The first-order valence-corrected chi connectivity index (χ1v) is 6.69. The molecule has 0 aliphatic rings. The molecule has 2 aromatic rings. The molecule has 0 aliphatic carbocycles. The van der Waals surface area contributed by atoms with Gasteiger partial charge in [-0.2, -0.15) is 5.26 Å². The fourth-order valence-corrected chi connectivity index (χ4v) is 2.19. The lowest BCUT2D eigenvalue weighted by molar-refractivity contribution is 0.0978. The van der Waals surface area contributed by atoms with Crippen molar-refractivity contribution in [1.29, 1.82) is 5.26 Å². The molecular formula is C16H14ClNO2. The number of Topliss-reactive ketones (excluding diaryl/α,β-unsaturated/α-hetero) is 1. The van der Waals surface area contributed by atoms with Crippen LogP contribution in [0.25, 0.3) is 0 Å². The second kappa shape index (κ2) is 5.94. The fourth-order valence-electron chi connectivity index (χ4n) is 1.98. The van der Waals surface area contributed by atoms with Gasteiger partial charge in [-0.15, -0.1) is 0 Å². The Balaban J connectivity index is 2.31. The number of furan rings is 1. The van der Waals surface area contributed by atoms with Crippen molar-refractivity contribution in [1.82, 2.24) is 0 Å². The van der Waals surface area contributed by atoms with E-state index in [1.54, 1.807) is 0 Å². The number of hydrogen-bond acceptors (Lipinski definition) is 3. The van der Waals surface area contributed by atoms with Crippen molar-refractivity contribution in [3.8, 4) is 6.07 Å². The molecule has 0 fully saturated rings. The zero-order chi connectivity index (χ0) is 14.7. The molecule has 0 saturated carbocycles. The maximum Gasteiger partial charge on any atom is 0.203 e. The number of nitriles is 1. The summed E-state index contributed by atoms with van der Waals surface area (Å²) < 4.78 is 4.90. The van der Waals surface area contributed by atoms with Gasteiger partial charge in [0.15, 0.2) is 5.78 Å². The molecule has 0 amide bonds. The normalized spacial score (nSPS) is 12.2. The molecular weight excluding hydrogens is 274 g/mol. The Morgan fingerprint density at radius 1 is 1.20 bits per heavy atom. The molecule has 1 aromatic heterocycles. The second-order valence-electron chi connectivity index (χ2n) is 4.86. The topological polar surface area (TPSA) is 54.0 Å². The first kappa shape index (κ1) is 14.4. The molecule has 0 spiro atoms. The summed E-state index contributed by atoms with van der Waals surface area (Å²) in [6.07, 6.45) is 1.34. The lowest BCUT2D eigenvalue weighted by atomic mass is 9.91. The van der Waals surface area contributed by atoms with Crippen LogP contribution in [0.5, 0.6) is 0 Å². The zero-order valence-electron chi connectivity index (χ0n) is 11.3. The van der Waals surface area contributed by atoms with Crippen molar-refractivity contribution >= 4 is 17.4 Å². The van der Waals surface area contributed by atoms with Gasteiger partial charge in [0.25, 0.3) is 0 Å². The Morgan fingerprint density at radius 2 is 1.80 bits per heavy atom. The van der Waals surface area contributed by atoms with Crippen LogP contribution >= 0.6 is 11.6 Å². The summed E-state index contributed by atoms with van der Waals surface area (Å²) in [4.78, 5) is 12.3. The van der Waals surface area contributed by atoms with Gasteiger partial charge in [0, 0.05) is 0 Å². The minimum atomic E-state index is -0.869. The van der Waals surface area contributed by atoms with E-state index in [1.165, 1.54) is 17.9 Å². The molecule has 0 aliphatic heterocycles. The highest BCUT2D eigenvalue weighted by Gasteiger charge is 2.25. The van der Waals surface area contributed by atoms with Gasteiger partial charge < -0.3 is 4.42 Å². The summed E-state index contributed by atoms with van der Waals surface area (Å²) in [5.74, 6) is -0.807. The smallest absolute Gasteiger partial charge is 0.203 e. The number of ketones is 1.